The molecule has 0 radical (unpaired) electrons. The number of ether oxygens (including phenoxy) is 2. The summed E-state index contributed by atoms with van der Waals surface area (Å²) >= 11 is 4.93. The molecule has 0 aromatic heterocycles. The van der Waals surface area contributed by atoms with Crippen molar-refractivity contribution in [3.8, 4) is 5.75 Å². The quantitative estimate of drug-likeness (QED) is 0.0656. The van der Waals surface area contributed by atoms with Crippen molar-refractivity contribution < 1.29 is 29.0 Å². The average Bonchev–Trinajstić information content (AvgIpc) is 3.21. The Morgan fingerprint density at radius 1 is 1.05 bits per heavy atom. The molecule has 3 N–H and O–H groups in total. The van der Waals surface area contributed by atoms with Crippen LogP contribution >= 0.6 is 12.2 Å². The highest BCUT2D eigenvalue weighted by atomic mass is 32.1. The maximum absolute atomic E-state index is 12.9. The zero-order valence-electron chi connectivity index (χ0n) is 24.8. The minimum absolute atomic E-state index is 0.0836. The van der Waals surface area contributed by atoms with Gasteiger partial charge in [0.25, 0.3) is 0 Å². The number of hydrogen-bond acceptors (Lipinski definition) is 7. The van der Waals surface area contributed by atoms with Crippen LogP contribution in [0, 0.1) is 11.8 Å². The molecule has 226 valence electrons. The van der Waals surface area contributed by atoms with Gasteiger partial charge in [-0.1, -0.05) is 69.6 Å². The first-order valence-corrected chi connectivity index (χ1v) is 15.3. The van der Waals surface area contributed by atoms with Crippen molar-refractivity contribution in [3.63, 3.8) is 0 Å². The van der Waals surface area contributed by atoms with Crippen LogP contribution in [-0.2, 0) is 19.1 Å². The van der Waals surface area contributed by atoms with Crippen molar-refractivity contribution in [2.24, 2.45) is 17.6 Å². The number of rotatable bonds is 18. The summed E-state index contributed by atoms with van der Waals surface area (Å²) in [5.74, 6) is -0.572. The molecule has 2 rings (SSSR count). The molecule has 1 aliphatic rings. The molecule has 41 heavy (non-hydrogen) atoms. The summed E-state index contributed by atoms with van der Waals surface area (Å²) in [6, 6.07) is 6.75. The normalized spacial score (nSPS) is 20.4. The lowest BCUT2D eigenvalue weighted by Crippen LogP contribution is -2.25. The largest absolute Gasteiger partial charge is 0.461 e. The van der Waals surface area contributed by atoms with Gasteiger partial charge in [-0.15, -0.1) is 0 Å². The predicted octanol–water partition coefficient (Wildman–Crippen LogP) is 6.54. The van der Waals surface area contributed by atoms with Gasteiger partial charge in [0.05, 0.1) is 5.60 Å². The number of ketones is 1. The van der Waals surface area contributed by atoms with E-state index in [2.05, 4.69) is 6.92 Å². The zero-order chi connectivity index (χ0) is 30.3. The molecule has 1 saturated carbocycles. The lowest BCUT2D eigenvalue weighted by molar-refractivity contribution is -0.150. The molecule has 0 saturated heterocycles. The molecule has 7 nitrogen and oxygen atoms in total. The molecular formula is C33H47NO6S. The van der Waals surface area contributed by atoms with Crippen LogP contribution in [0.25, 0.3) is 0 Å². The third-order valence-corrected chi connectivity index (χ3v) is 7.63. The highest BCUT2D eigenvalue weighted by Gasteiger charge is 2.42. The molecule has 1 aromatic rings. The third-order valence-electron chi connectivity index (χ3n) is 7.39. The summed E-state index contributed by atoms with van der Waals surface area (Å²) in [4.78, 5) is 37.8. The maximum Gasteiger partial charge on any atom is 0.311 e. The third kappa shape index (κ3) is 12.7. The molecule has 8 heteroatoms. The van der Waals surface area contributed by atoms with Crippen LogP contribution in [0.4, 0.5) is 0 Å². The molecule has 1 aliphatic carbocycles. The first kappa shape index (κ1) is 34.4. The zero-order valence-corrected chi connectivity index (χ0v) is 25.6. The van der Waals surface area contributed by atoms with Crippen LogP contribution in [0.2, 0.25) is 0 Å². The van der Waals surface area contributed by atoms with Crippen LogP contribution in [0.3, 0.4) is 0 Å². The average molecular weight is 586 g/mol. The van der Waals surface area contributed by atoms with Crippen molar-refractivity contribution in [3.05, 3.63) is 54.1 Å². The smallest absolute Gasteiger partial charge is 0.311 e. The number of carbonyl (C=O) groups excluding carboxylic acids is 3. The van der Waals surface area contributed by atoms with Gasteiger partial charge in [0, 0.05) is 36.7 Å². The van der Waals surface area contributed by atoms with Crippen LogP contribution in [0.5, 0.6) is 5.75 Å². The van der Waals surface area contributed by atoms with Gasteiger partial charge in [-0.3, -0.25) is 14.4 Å². The van der Waals surface area contributed by atoms with Gasteiger partial charge in [-0.25, -0.2) is 0 Å². The van der Waals surface area contributed by atoms with E-state index in [-0.39, 0.29) is 47.4 Å². The standard InChI is InChI=1S/C33H47NO6S/c1-4-6-15-31(37)40-29-23-28(35)26(27(29)14-12-22-33(3,38)21-7-5-2)13-10-8-9-11-16-30(36)39-25-19-17-24(18-20-25)32(34)41/h8,10,12,14,17-20,26-27,29,38H,4-7,9,11,13,15-16,21-23H2,1-3H3,(H2,34,41)/b10-8-,14-12+/t26-,27-,29-,33+/m1/s1. The highest BCUT2D eigenvalue weighted by Crippen LogP contribution is 2.36. The fourth-order valence-corrected chi connectivity index (χ4v) is 5.04. The van der Waals surface area contributed by atoms with Gasteiger partial charge < -0.3 is 20.3 Å². The van der Waals surface area contributed by atoms with E-state index in [0.717, 1.165) is 25.7 Å². The Hall–Kier alpha value is -2.84. The molecule has 0 spiro atoms. The van der Waals surface area contributed by atoms with Gasteiger partial charge >= 0.3 is 11.9 Å². The minimum atomic E-state index is -0.805. The molecular weight excluding hydrogens is 538 g/mol. The molecule has 0 bridgehead atoms. The van der Waals surface area contributed by atoms with E-state index in [4.69, 9.17) is 27.4 Å². The fourth-order valence-electron chi connectivity index (χ4n) is 4.91. The summed E-state index contributed by atoms with van der Waals surface area (Å²) in [5, 5.41) is 10.7. The Balaban J connectivity index is 1.91. The first-order valence-electron chi connectivity index (χ1n) is 14.9. The van der Waals surface area contributed by atoms with E-state index in [0.29, 0.717) is 49.8 Å². The molecule has 1 aromatic carbocycles. The minimum Gasteiger partial charge on any atom is -0.461 e. The van der Waals surface area contributed by atoms with Crippen LogP contribution in [-0.4, -0.2) is 39.5 Å². The van der Waals surface area contributed by atoms with E-state index in [1.807, 2.05) is 38.2 Å². The van der Waals surface area contributed by atoms with E-state index in [9.17, 15) is 19.5 Å². The second-order valence-corrected chi connectivity index (χ2v) is 11.6. The number of hydrogen-bond donors (Lipinski definition) is 2. The Morgan fingerprint density at radius 3 is 2.39 bits per heavy atom. The van der Waals surface area contributed by atoms with Gasteiger partial charge in [0.15, 0.2) is 0 Å². The second kappa shape index (κ2) is 17.9. The number of benzene rings is 1. The molecule has 0 heterocycles. The number of aliphatic hydroxyl groups is 1. The van der Waals surface area contributed by atoms with E-state index in [1.54, 1.807) is 24.3 Å². The Morgan fingerprint density at radius 2 is 1.73 bits per heavy atom. The van der Waals surface area contributed by atoms with Gasteiger partial charge in [-0.2, -0.15) is 0 Å². The topological polar surface area (TPSA) is 116 Å². The summed E-state index contributed by atoms with van der Waals surface area (Å²) < 4.78 is 11.1. The number of allylic oxidation sites excluding steroid dienone is 2. The van der Waals surface area contributed by atoms with E-state index >= 15 is 0 Å². The lowest BCUT2D eigenvalue weighted by atomic mass is 9.88. The lowest BCUT2D eigenvalue weighted by Gasteiger charge is -2.23. The highest BCUT2D eigenvalue weighted by molar-refractivity contribution is 7.80. The SMILES string of the molecule is CCCCC(=O)O[C@@H]1CC(=O)[C@H](C/C=C\CCCC(=O)Oc2ccc(C(N)=S)cc2)[C@H]1/C=C/C[C@@](C)(O)CCCC. The number of nitrogens with two attached hydrogens (primary N) is 1. The van der Waals surface area contributed by atoms with Gasteiger partial charge in [0.1, 0.15) is 22.6 Å². The Bertz CT molecular complexity index is 1060. The maximum atomic E-state index is 12.9. The van der Waals surface area contributed by atoms with Crippen LogP contribution in [0.15, 0.2) is 48.6 Å². The number of thiocarbonyl (C=S) groups is 1. The Labute approximate surface area is 250 Å². The number of carbonyl (C=O) groups is 3. The van der Waals surface area contributed by atoms with E-state index < -0.39 is 11.7 Å². The van der Waals surface area contributed by atoms with Crippen LogP contribution < -0.4 is 10.5 Å². The van der Waals surface area contributed by atoms with E-state index in [1.165, 1.54) is 0 Å². The van der Waals surface area contributed by atoms with Crippen molar-refractivity contribution >= 4 is 34.9 Å². The summed E-state index contributed by atoms with van der Waals surface area (Å²) in [6.45, 7) is 5.95. The van der Waals surface area contributed by atoms with Gasteiger partial charge in [-0.05, 0) is 69.7 Å². The summed E-state index contributed by atoms with van der Waals surface area (Å²) in [7, 11) is 0. The number of unbranched alkanes of at least 4 members (excludes halogenated alkanes) is 3. The molecule has 1 fully saturated rings. The number of Topliss-reactive ketones (excluding diaryl/α,β-unsaturated/α-hetero) is 1. The summed E-state index contributed by atoms with van der Waals surface area (Å²) in [6.07, 6.45) is 14.8. The second-order valence-electron chi connectivity index (χ2n) is 11.2. The Kier molecular flexibility index (Phi) is 15.0. The summed E-state index contributed by atoms with van der Waals surface area (Å²) in [5.41, 5.74) is 5.49. The fraction of sp³-hybridized carbons (Fsp3) is 0.576. The predicted molar refractivity (Wildman–Crippen MR) is 165 cm³/mol. The van der Waals surface area contributed by atoms with Gasteiger partial charge in [0.2, 0.25) is 0 Å². The molecule has 0 unspecified atom stereocenters. The van der Waals surface area contributed by atoms with Crippen molar-refractivity contribution in [2.45, 2.75) is 110 Å². The first-order chi connectivity index (χ1) is 19.6. The molecule has 0 amide bonds. The van der Waals surface area contributed by atoms with Crippen molar-refractivity contribution in [1.82, 2.24) is 0 Å². The molecule has 0 aliphatic heterocycles. The van der Waals surface area contributed by atoms with Crippen LogP contribution in [0.1, 0.15) is 103 Å². The van der Waals surface area contributed by atoms with Crippen molar-refractivity contribution in [2.75, 3.05) is 0 Å². The van der Waals surface area contributed by atoms with Crippen molar-refractivity contribution in [1.29, 1.82) is 0 Å². The monoisotopic (exact) mass is 585 g/mol. The number of esters is 2. The molecule has 4 atom stereocenters.